The zero-order valence-corrected chi connectivity index (χ0v) is 15.4. The van der Waals surface area contributed by atoms with Gasteiger partial charge in [0.2, 0.25) is 6.79 Å². The van der Waals surface area contributed by atoms with E-state index in [1.165, 1.54) is 32.5 Å². The van der Waals surface area contributed by atoms with Gasteiger partial charge in [-0.25, -0.2) is 0 Å². The minimum atomic E-state index is 0.311. The summed E-state index contributed by atoms with van der Waals surface area (Å²) in [4.78, 5) is 6.87. The number of piperidine rings is 1. The maximum atomic E-state index is 5.42. The van der Waals surface area contributed by atoms with Crippen molar-refractivity contribution < 1.29 is 9.47 Å². The van der Waals surface area contributed by atoms with E-state index >= 15 is 0 Å². The number of hydrogen-bond acceptors (Lipinski definition) is 4. The molecule has 2 heterocycles. The van der Waals surface area contributed by atoms with Crippen LogP contribution in [0.3, 0.4) is 0 Å². The third-order valence-corrected chi connectivity index (χ3v) is 4.94. The fourth-order valence-corrected chi connectivity index (χ4v) is 3.25. The molecule has 1 saturated heterocycles. The standard InChI is InChI=1S/C19H30N4O2/c1-15-6-10-23(11-7-15)9-3-8-21-19(20-2)22-13-16-4-5-17-18(12-16)25-14-24-17/h4-5,12,15H,3,6-11,13-14H2,1-2H3,(H2,20,21,22). The summed E-state index contributed by atoms with van der Waals surface area (Å²) in [6.07, 6.45) is 3.82. The first-order valence-electron chi connectivity index (χ1n) is 9.30. The number of nitrogens with zero attached hydrogens (tertiary/aromatic N) is 2. The van der Waals surface area contributed by atoms with Gasteiger partial charge in [-0.2, -0.15) is 0 Å². The number of likely N-dealkylation sites (tertiary alicyclic amines) is 1. The van der Waals surface area contributed by atoms with Crippen LogP contribution >= 0.6 is 0 Å². The molecule has 0 unspecified atom stereocenters. The maximum absolute atomic E-state index is 5.42. The molecule has 6 nitrogen and oxygen atoms in total. The van der Waals surface area contributed by atoms with Crippen LogP contribution in [0.4, 0.5) is 0 Å². The summed E-state index contributed by atoms with van der Waals surface area (Å²) in [6, 6.07) is 6.01. The van der Waals surface area contributed by atoms with E-state index in [1.807, 2.05) is 18.2 Å². The Labute approximate surface area is 150 Å². The van der Waals surface area contributed by atoms with Crippen molar-refractivity contribution in [1.29, 1.82) is 0 Å². The largest absolute Gasteiger partial charge is 0.454 e. The van der Waals surface area contributed by atoms with Crippen LogP contribution in [0.2, 0.25) is 0 Å². The Kier molecular flexibility index (Phi) is 6.39. The maximum Gasteiger partial charge on any atom is 0.231 e. The van der Waals surface area contributed by atoms with Gasteiger partial charge >= 0.3 is 0 Å². The minimum Gasteiger partial charge on any atom is -0.454 e. The molecule has 1 aromatic rings. The van der Waals surface area contributed by atoms with Crippen LogP contribution in [0.5, 0.6) is 11.5 Å². The molecule has 25 heavy (non-hydrogen) atoms. The normalized spacial score (nSPS) is 18.4. The van der Waals surface area contributed by atoms with E-state index in [0.29, 0.717) is 13.3 Å². The van der Waals surface area contributed by atoms with E-state index in [-0.39, 0.29) is 0 Å². The molecule has 0 aromatic heterocycles. The van der Waals surface area contributed by atoms with E-state index in [2.05, 4.69) is 27.4 Å². The Bertz CT molecular complexity index is 583. The molecule has 1 aromatic carbocycles. The van der Waals surface area contributed by atoms with Crippen molar-refractivity contribution in [3.05, 3.63) is 23.8 Å². The second-order valence-electron chi connectivity index (χ2n) is 6.92. The smallest absolute Gasteiger partial charge is 0.231 e. The van der Waals surface area contributed by atoms with E-state index < -0.39 is 0 Å². The van der Waals surface area contributed by atoms with Crippen molar-refractivity contribution in [2.24, 2.45) is 10.9 Å². The lowest BCUT2D eigenvalue weighted by atomic mass is 9.99. The number of hydrogen-bond donors (Lipinski definition) is 2. The van der Waals surface area contributed by atoms with Crippen molar-refractivity contribution in [3.8, 4) is 11.5 Å². The summed E-state index contributed by atoms with van der Waals surface area (Å²) >= 11 is 0. The summed E-state index contributed by atoms with van der Waals surface area (Å²) in [7, 11) is 1.81. The number of benzene rings is 1. The van der Waals surface area contributed by atoms with E-state index in [9.17, 15) is 0 Å². The van der Waals surface area contributed by atoms with E-state index in [0.717, 1.165) is 41.9 Å². The molecule has 6 heteroatoms. The van der Waals surface area contributed by atoms with Crippen LogP contribution < -0.4 is 20.1 Å². The van der Waals surface area contributed by atoms with Crippen LogP contribution in [0.25, 0.3) is 0 Å². The summed E-state index contributed by atoms with van der Waals surface area (Å²) in [6.45, 7) is 7.97. The van der Waals surface area contributed by atoms with Crippen molar-refractivity contribution in [2.45, 2.75) is 32.7 Å². The second kappa shape index (κ2) is 8.94. The summed E-state index contributed by atoms with van der Waals surface area (Å²) in [5.41, 5.74) is 1.15. The molecule has 0 atom stereocenters. The van der Waals surface area contributed by atoms with Gasteiger partial charge in [-0.1, -0.05) is 13.0 Å². The average Bonchev–Trinajstić information content (AvgIpc) is 3.10. The molecule has 0 spiro atoms. The Hall–Kier alpha value is -1.95. The highest BCUT2D eigenvalue weighted by molar-refractivity contribution is 5.79. The lowest BCUT2D eigenvalue weighted by Crippen LogP contribution is -2.39. The highest BCUT2D eigenvalue weighted by Gasteiger charge is 2.15. The topological polar surface area (TPSA) is 58.1 Å². The monoisotopic (exact) mass is 346 g/mol. The number of aliphatic imine (C=N–C) groups is 1. The molecule has 2 aliphatic heterocycles. The predicted octanol–water partition coefficient (Wildman–Crippen LogP) is 2.20. The Morgan fingerprint density at radius 2 is 2.00 bits per heavy atom. The van der Waals surface area contributed by atoms with Gasteiger partial charge in [0, 0.05) is 20.1 Å². The van der Waals surface area contributed by atoms with Gasteiger partial charge < -0.3 is 25.0 Å². The number of ether oxygens (including phenoxy) is 2. The predicted molar refractivity (Wildman–Crippen MR) is 100 cm³/mol. The molecule has 1 fully saturated rings. The van der Waals surface area contributed by atoms with Crippen LogP contribution in [0.15, 0.2) is 23.2 Å². The fourth-order valence-electron chi connectivity index (χ4n) is 3.25. The van der Waals surface area contributed by atoms with Gasteiger partial charge in [-0.3, -0.25) is 4.99 Å². The third-order valence-electron chi connectivity index (χ3n) is 4.94. The first-order valence-corrected chi connectivity index (χ1v) is 9.30. The Balaban J connectivity index is 1.34. The molecule has 138 valence electrons. The van der Waals surface area contributed by atoms with Gasteiger partial charge in [0.05, 0.1) is 0 Å². The molecular formula is C19H30N4O2. The molecule has 0 amide bonds. The summed E-state index contributed by atoms with van der Waals surface area (Å²) in [5.74, 6) is 3.37. The van der Waals surface area contributed by atoms with Gasteiger partial charge in [0.1, 0.15) is 0 Å². The SMILES string of the molecule is CN=C(NCCCN1CCC(C)CC1)NCc1ccc2c(c1)OCO2. The molecule has 0 aliphatic carbocycles. The van der Waals surface area contributed by atoms with Crippen LogP contribution in [-0.4, -0.2) is 50.9 Å². The van der Waals surface area contributed by atoms with Crippen molar-refractivity contribution in [1.82, 2.24) is 15.5 Å². The fraction of sp³-hybridized carbons (Fsp3) is 0.632. The van der Waals surface area contributed by atoms with E-state index in [1.54, 1.807) is 7.05 Å². The summed E-state index contributed by atoms with van der Waals surface area (Å²) in [5, 5.41) is 6.75. The number of guanidine groups is 1. The Morgan fingerprint density at radius 3 is 2.80 bits per heavy atom. The van der Waals surface area contributed by atoms with Gasteiger partial charge in [-0.15, -0.1) is 0 Å². The zero-order valence-electron chi connectivity index (χ0n) is 15.4. The number of nitrogens with one attached hydrogen (secondary N) is 2. The Morgan fingerprint density at radius 1 is 1.20 bits per heavy atom. The highest BCUT2D eigenvalue weighted by atomic mass is 16.7. The van der Waals surface area contributed by atoms with Crippen molar-refractivity contribution in [2.75, 3.05) is 40.0 Å². The molecular weight excluding hydrogens is 316 g/mol. The number of rotatable bonds is 6. The van der Waals surface area contributed by atoms with Crippen LogP contribution in [0, 0.1) is 5.92 Å². The second-order valence-corrected chi connectivity index (χ2v) is 6.92. The molecule has 0 saturated carbocycles. The van der Waals surface area contributed by atoms with Gasteiger partial charge in [0.25, 0.3) is 0 Å². The zero-order chi connectivity index (χ0) is 17.5. The first kappa shape index (κ1) is 17.9. The molecule has 0 radical (unpaired) electrons. The van der Waals surface area contributed by atoms with Crippen LogP contribution in [0.1, 0.15) is 31.7 Å². The highest BCUT2D eigenvalue weighted by Crippen LogP contribution is 2.32. The van der Waals surface area contributed by atoms with E-state index in [4.69, 9.17) is 9.47 Å². The molecule has 2 aliphatic rings. The lowest BCUT2D eigenvalue weighted by Gasteiger charge is -2.30. The first-order chi connectivity index (χ1) is 12.2. The summed E-state index contributed by atoms with van der Waals surface area (Å²) < 4.78 is 10.8. The van der Waals surface area contributed by atoms with Crippen molar-refractivity contribution in [3.63, 3.8) is 0 Å². The molecule has 0 bridgehead atoms. The van der Waals surface area contributed by atoms with Crippen LogP contribution in [-0.2, 0) is 6.54 Å². The van der Waals surface area contributed by atoms with Gasteiger partial charge in [-0.05, 0) is 62.5 Å². The minimum absolute atomic E-state index is 0.311. The number of fused-ring (bicyclic) bond motifs is 1. The lowest BCUT2D eigenvalue weighted by molar-refractivity contribution is 0.174. The average molecular weight is 346 g/mol. The third kappa shape index (κ3) is 5.26. The quantitative estimate of drug-likeness (QED) is 0.470. The molecule has 2 N–H and O–H groups in total. The molecule has 3 rings (SSSR count). The van der Waals surface area contributed by atoms with Gasteiger partial charge in [0.15, 0.2) is 17.5 Å². The van der Waals surface area contributed by atoms with Crippen molar-refractivity contribution >= 4 is 5.96 Å².